The van der Waals surface area contributed by atoms with Crippen LogP contribution in [0, 0.1) is 0 Å². The smallest absolute Gasteiger partial charge is 0.304 e. The fraction of sp³-hybridized carbons (Fsp3) is 0.714. The summed E-state index contributed by atoms with van der Waals surface area (Å²) in [7, 11) is 1.66. The predicted octanol–water partition coefficient (Wildman–Crippen LogP) is -0.0188. The van der Waals surface area contributed by atoms with Crippen molar-refractivity contribution in [3.63, 3.8) is 0 Å². The van der Waals surface area contributed by atoms with Crippen molar-refractivity contribution in [1.82, 2.24) is 5.32 Å². The van der Waals surface area contributed by atoms with E-state index in [-0.39, 0.29) is 18.7 Å². The van der Waals surface area contributed by atoms with E-state index in [2.05, 4.69) is 5.32 Å². The van der Waals surface area contributed by atoms with Gasteiger partial charge in [-0.2, -0.15) is 11.8 Å². The van der Waals surface area contributed by atoms with Crippen LogP contribution in [0.5, 0.6) is 0 Å². The summed E-state index contributed by atoms with van der Waals surface area (Å²) in [5.41, 5.74) is 0. The zero-order valence-electron chi connectivity index (χ0n) is 7.16. The van der Waals surface area contributed by atoms with Gasteiger partial charge in [0.15, 0.2) is 5.78 Å². The molecule has 0 fully saturated rings. The van der Waals surface area contributed by atoms with Gasteiger partial charge in [0, 0.05) is 0 Å². The minimum atomic E-state index is -0.932. The highest BCUT2D eigenvalue weighted by molar-refractivity contribution is 7.99. The van der Waals surface area contributed by atoms with Crippen LogP contribution < -0.4 is 5.32 Å². The average molecular weight is 191 g/mol. The number of Topliss-reactive ketones (excluding diaryl/α,β-unsaturated/α-hetero) is 1. The van der Waals surface area contributed by atoms with Gasteiger partial charge in [0.05, 0.1) is 18.2 Å². The topological polar surface area (TPSA) is 66.4 Å². The minimum absolute atomic E-state index is 0.0626. The second-order valence-electron chi connectivity index (χ2n) is 2.32. The number of carboxylic acid groups (broad SMARTS) is 1. The number of ketones is 1. The van der Waals surface area contributed by atoms with Crippen LogP contribution in [0.1, 0.15) is 6.42 Å². The second kappa shape index (κ2) is 6.02. The molecule has 0 aliphatic carbocycles. The average Bonchev–Trinajstić information content (AvgIpc) is 2.00. The van der Waals surface area contributed by atoms with Crippen LogP contribution in [-0.2, 0) is 9.59 Å². The Labute approximate surface area is 75.7 Å². The van der Waals surface area contributed by atoms with E-state index in [4.69, 9.17) is 5.11 Å². The third-order valence-corrected chi connectivity index (χ3v) is 2.35. The Hall–Kier alpha value is -0.550. The van der Waals surface area contributed by atoms with Gasteiger partial charge in [0.25, 0.3) is 0 Å². The van der Waals surface area contributed by atoms with Crippen LogP contribution in [0.2, 0.25) is 0 Å². The zero-order valence-corrected chi connectivity index (χ0v) is 7.98. The molecule has 1 unspecified atom stereocenters. The molecule has 5 heteroatoms. The number of hydrogen-bond donors (Lipinski definition) is 2. The molecule has 2 N–H and O–H groups in total. The highest BCUT2D eigenvalue weighted by Crippen LogP contribution is 2.11. The summed E-state index contributed by atoms with van der Waals surface area (Å²) >= 11 is 1.28. The second-order valence-corrected chi connectivity index (χ2v) is 3.36. The van der Waals surface area contributed by atoms with Crippen molar-refractivity contribution in [3.8, 4) is 0 Å². The number of aliphatic carboxylic acids is 1. The fourth-order valence-electron chi connectivity index (χ4n) is 0.775. The number of carboxylic acids is 1. The first kappa shape index (κ1) is 11.4. The number of carbonyl (C=O) groups excluding carboxylic acids is 1. The molecule has 0 spiro atoms. The van der Waals surface area contributed by atoms with Crippen molar-refractivity contribution in [2.75, 3.05) is 19.8 Å². The van der Waals surface area contributed by atoms with E-state index in [0.717, 1.165) is 0 Å². The van der Waals surface area contributed by atoms with Crippen LogP contribution in [0.15, 0.2) is 0 Å². The Morgan fingerprint density at radius 1 is 1.58 bits per heavy atom. The van der Waals surface area contributed by atoms with Gasteiger partial charge >= 0.3 is 5.97 Å². The van der Waals surface area contributed by atoms with Crippen molar-refractivity contribution >= 4 is 23.5 Å². The molecule has 0 heterocycles. The molecule has 0 aliphatic heterocycles. The Morgan fingerprint density at radius 3 is 2.50 bits per heavy atom. The van der Waals surface area contributed by atoms with Gasteiger partial charge in [-0.1, -0.05) is 0 Å². The lowest BCUT2D eigenvalue weighted by molar-refractivity contribution is -0.138. The third kappa shape index (κ3) is 4.35. The van der Waals surface area contributed by atoms with E-state index in [9.17, 15) is 9.59 Å². The van der Waals surface area contributed by atoms with Gasteiger partial charge in [0.2, 0.25) is 0 Å². The van der Waals surface area contributed by atoms with Crippen LogP contribution in [0.3, 0.4) is 0 Å². The quantitative estimate of drug-likeness (QED) is 0.617. The Kier molecular flexibility index (Phi) is 5.74. The summed E-state index contributed by atoms with van der Waals surface area (Å²) < 4.78 is 0. The monoisotopic (exact) mass is 191 g/mol. The molecule has 0 aromatic heterocycles. The zero-order chi connectivity index (χ0) is 9.56. The van der Waals surface area contributed by atoms with Crippen LogP contribution in [-0.4, -0.2) is 42.0 Å². The summed E-state index contributed by atoms with van der Waals surface area (Å²) in [6.07, 6.45) is 1.64. The molecule has 0 saturated heterocycles. The van der Waals surface area contributed by atoms with Gasteiger partial charge in [-0.05, 0) is 13.3 Å². The predicted molar refractivity (Wildman–Crippen MR) is 48.5 cm³/mol. The Bertz CT molecular complexity index is 172. The van der Waals surface area contributed by atoms with Gasteiger partial charge in [-0.25, -0.2) is 0 Å². The van der Waals surface area contributed by atoms with Crippen LogP contribution >= 0.6 is 11.8 Å². The molecule has 4 nitrogen and oxygen atoms in total. The standard InChI is InChI=1S/C7H13NO3S/c1-8-4-5(9)6(12-2)3-7(10)11/h6,8H,3-4H2,1-2H3,(H,10,11). The van der Waals surface area contributed by atoms with Gasteiger partial charge in [0.1, 0.15) is 0 Å². The molecule has 0 aromatic carbocycles. The number of thioether (sulfide) groups is 1. The minimum Gasteiger partial charge on any atom is -0.481 e. The first-order chi connectivity index (χ1) is 5.61. The van der Waals surface area contributed by atoms with E-state index in [0.29, 0.717) is 0 Å². The van der Waals surface area contributed by atoms with Crippen molar-refractivity contribution in [3.05, 3.63) is 0 Å². The maximum absolute atomic E-state index is 11.2. The lowest BCUT2D eigenvalue weighted by Crippen LogP contribution is -2.29. The van der Waals surface area contributed by atoms with Gasteiger partial charge < -0.3 is 10.4 Å². The fourth-order valence-corrected chi connectivity index (χ4v) is 1.43. The molecule has 0 saturated carbocycles. The Morgan fingerprint density at radius 2 is 2.17 bits per heavy atom. The molecule has 0 amide bonds. The normalized spacial score (nSPS) is 12.5. The highest BCUT2D eigenvalue weighted by atomic mass is 32.2. The van der Waals surface area contributed by atoms with Crippen molar-refractivity contribution in [1.29, 1.82) is 0 Å². The number of rotatable bonds is 6. The molecule has 1 atom stereocenters. The van der Waals surface area contributed by atoms with Crippen molar-refractivity contribution in [2.24, 2.45) is 0 Å². The molecule has 0 aliphatic rings. The maximum Gasteiger partial charge on any atom is 0.304 e. The van der Waals surface area contributed by atoms with E-state index >= 15 is 0 Å². The van der Waals surface area contributed by atoms with Crippen molar-refractivity contribution in [2.45, 2.75) is 11.7 Å². The molecule has 0 radical (unpaired) electrons. The number of carbonyl (C=O) groups is 2. The molecule has 70 valence electrons. The summed E-state index contributed by atoms with van der Waals surface area (Å²) in [5.74, 6) is -0.994. The Balaban J connectivity index is 3.96. The molecular weight excluding hydrogens is 178 g/mol. The SMILES string of the molecule is CNCC(=O)C(CC(=O)O)SC. The summed E-state index contributed by atoms with van der Waals surface area (Å²) in [5, 5.41) is 10.7. The largest absolute Gasteiger partial charge is 0.481 e. The first-order valence-corrected chi connectivity index (χ1v) is 4.82. The van der Waals surface area contributed by atoms with E-state index in [1.807, 2.05) is 0 Å². The third-order valence-electron chi connectivity index (χ3n) is 1.35. The van der Waals surface area contributed by atoms with E-state index in [1.54, 1.807) is 13.3 Å². The first-order valence-electron chi connectivity index (χ1n) is 3.53. The summed E-state index contributed by atoms with van der Waals surface area (Å²) in [6, 6.07) is 0. The number of likely N-dealkylation sites (N-methyl/N-ethyl adjacent to an activating group) is 1. The van der Waals surface area contributed by atoms with Crippen molar-refractivity contribution < 1.29 is 14.7 Å². The molecule has 0 aromatic rings. The summed E-state index contributed by atoms with van der Waals surface area (Å²) in [4.78, 5) is 21.5. The highest BCUT2D eigenvalue weighted by Gasteiger charge is 2.19. The van der Waals surface area contributed by atoms with E-state index in [1.165, 1.54) is 11.8 Å². The number of hydrogen-bond acceptors (Lipinski definition) is 4. The number of nitrogens with one attached hydrogen (secondary N) is 1. The van der Waals surface area contributed by atoms with Gasteiger partial charge in [-0.15, -0.1) is 0 Å². The van der Waals surface area contributed by atoms with E-state index < -0.39 is 11.2 Å². The molecule has 0 bridgehead atoms. The lowest BCUT2D eigenvalue weighted by Gasteiger charge is -2.09. The lowest BCUT2D eigenvalue weighted by atomic mass is 10.2. The van der Waals surface area contributed by atoms with Gasteiger partial charge in [-0.3, -0.25) is 9.59 Å². The molecule has 12 heavy (non-hydrogen) atoms. The molecule has 0 rings (SSSR count). The molecular formula is C7H13NO3S. The van der Waals surface area contributed by atoms with Crippen LogP contribution in [0.4, 0.5) is 0 Å². The maximum atomic E-state index is 11.2. The van der Waals surface area contributed by atoms with Crippen LogP contribution in [0.25, 0.3) is 0 Å². The summed E-state index contributed by atoms with van der Waals surface area (Å²) in [6.45, 7) is 0.235.